The Hall–Kier alpha value is -1.20. The van der Waals surface area contributed by atoms with Crippen LogP contribution in [0, 0.1) is 0 Å². The lowest BCUT2D eigenvalue weighted by atomic mass is 10.2. The molecule has 0 aliphatic carbocycles. The number of rotatable bonds is 9. The van der Waals surface area contributed by atoms with Crippen molar-refractivity contribution in [1.29, 1.82) is 0 Å². The second kappa shape index (κ2) is 7.88. The van der Waals surface area contributed by atoms with Gasteiger partial charge in [0.2, 0.25) is 0 Å². The lowest BCUT2D eigenvalue weighted by Gasteiger charge is -2.28. The van der Waals surface area contributed by atoms with Crippen LogP contribution in [0.5, 0.6) is 0 Å². The normalized spacial score (nSPS) is 12.4. The molecule has 1 aromatic heterocycles. The molecule has 0 atom stereocenters. The number of benzene rings is 1. The van der Waals surface area contributed by atoms with E-state index in [2.05, 4.69) is 58.6 Å². The summed E-state index contributed by atoms with van der Waals surface area (Å²) in [6.07, 6.45) is 6.46. The quantitative estimate of drug-likeness (QED) is 0.514. The first-order valence-electron chi connectivity index (χ1n) is 8.50. The molecule has 0 spiro atoms. The van der Waals surface area contributed by atoms with E-state index < -0.39 is 8.07 Å². The fraction of sp³-hybridized carbons (Fsp3) is 0.647. The Balaban J connectivity index is 2.04. The third-order valence-electron chi connectivity index (χ3n) is 3.78. The van der Waals surface area contributed by atoms with E-state index in [-0.39, 0.29) is 0 Å². The van der Waals surface area contributed by atoms with Crippen LogP contribution in [0.3, 0.4) is 0 Å². The summed E-state index contributed by atoms with van der Waals surface area (Å²) in [6.45, 7) is 11.6. The maximum atomic E-state index is 4.35. The molecule has 0 aliphatic rings. The topological polar surface area (TPSA) is 34.0 Å². The Morgan fingerprint density at radius 1 is 1.09 bits per heavy atom. The summed E-state index contributed by atoms with van der Waals surface area (Å²) in [4.78, 5) is 2.57. The van der Waals surface area contributed by atoms with Gasteiger partial charge in [-0.05, 0) is 31.3 Å². The molecule has 0 amide bonds. The molecule has 0 saturated heterocycles. The second-order valence-corrected chi connectivity index (χ2v) is 12.8. The molecule has 1 heterocycles. The molecule has 0 radical (unpaired) electrons. The van der Waals surface area contributed by atoms with Gasteiger partial charge in [-0.2, -0.15) is 0 Å². The van der Waals surface area contributed by atoms with Gasteiger partial charge < -0.3 is 0 Å². The van der Waals surface area contributed by atoms with Crippen LogP contribution in [0.15, 0.2) is 24.3 Å². The molecule has 1 aromatic carbocycles. The highest BCUT2D eigenvalue weighted by Gasteiger charge is 2.19. The largest absolute Gasteiger partial charge is 0.287 e. The number of fused-ring (bicyclic) bond motifs is 1. The van der Waals surface area contributed by atoms with Crippen molar-refractivity contribution in [3.05, 3.63) is 24.3 Å². The number of aromatic nitrogens is 3. The first kappa shape index (κ1) is 17.2. The van der Waals surface area contributed by atoms with Crippen LogP contribution in [0.25, 0.3) is 11.0 Å². The highest BCUT2D eigenvalue weighted by atomic mass is 28.3. The Morgan fingerprint density at radius 2 is 1.86 bits per heavy atom. The van der Waals surface area contributed by atoms with E-state index in [1.165, 1.54) is 38.4 Å². The number of para-hydroxylation sites is 1. The molecule has 4 nitrogen and oxygen atoms in total. The van der Waals surface area contributed by atoms with Gasteiger partial charge in [-0.15, -0.1) is 5.10 Å². The van der Waals surface area contributed by atoms with Crippen LogP contribution in [-0.2, 0) is 6.67 Å². The van der Waals surface area contributed by atoms with E-state index in [0.29, 0.717) is 0 Å². The zero-order valence-electron chi connectivity index (χ0n) is 14.5. The van der Waals surface area contributed by atoms with Gasteiger partial charge in [0.25, 0.3) is 0 Å². The van der Waals surface area contributed by atoms with Gasteiger partial charge in [0, 0.05) is 0 Å². The molecule has 0 aliphatic heterocycles. The maximum Gasteiger partial charge on any atom is 0.113 e. The molecule has 0 fully saturated rings. The van der Waals surface area contributed by atoms with Crippen molar-refractivity contribution in [2.45, 2.75) is 58.9 Å². The van der Waals surface area contributed by atoms with Crippen LogP contribution in [-0.4, -0.2) is 40.7 Å². The summed E-state index contributed by atoms with van der Waals surface area (Å²) >= 11 is 0. The minimum absolute atomic E-state index is 0.858. The average Bonchev–Trinajstić information content (AvgIpc) is 2.85. The number of nitrogens with zero attached hydrogens (tertiary/aromatic N) is 4. The van der Waals surface area contributed by atoms with Gasteiger partial charge in [0.1, 0.15) is 5.52 Å². The van der Waals surface area contributed by atoms with Gasteiger partial charge >= 0.3 is 0 Å². The van der Waals surface area contributed by atoms with E-state index in [1.54, 1.807) is 0 Å². The Bertz CT molecular complexity index is 573. The zero-order chi connectivity index (χ0) is 16.0. The molecule has 5 heteroatoms. The van der Waals surface area contributed by atoms with E-state index in [9.17, 15) is 0 Å². The Kier molecular flexibility index (Phi) is 6.14. The molecule has 0 unspecified atom stereocenters. The summed E-state index contributed by atoms with van der Waals surface area (Å²) in [7, 11) is -1.13. The molecule has 2 rings (SSSR count). The first-order chi connectivity index (χ1) is 10.5. The second-order valence-electron chi connectivity index (χ2n) is 7.39. The van der Waals surface area contributed by atoms with Crippen molar-refractivity contribution in [2.24, 2.45) is 0 Å². The third kappa shape index (κ3) is 5.21. The molecule has 2 aromatic rings. The van der Waals surface area contributed by atoms with Gasteiger partial charge in [0.05, 0.1) is 20.3 Å². The third-order valence-corrected chi connectivity index (χ3v) is 5.18. The molecular weight excluding hydrogens is 288 g/mol. The van der Waals surface area contributed by atoms with Crippen molar-refractivity contribution in [3.63, 3.8) is 0 Å². The highest BCUT2D eigenvalue weighted by Crippen LogP contribution is 2.13. The Morgan fingerprint density at radius 3 is 2.59 bits per heavy atom. The number of hydrogen-bond donors (Lipinski definition) is 0. The smallest absolute Gasteiger partial charge is 0.113 e. The summed E-state index contributed by atoms with van der Waals surface area (Å²) in [6, 6.07) is 8.22. The van der Waals surface area contributed by atoms with Gasteiger partial charge in [-0.1, -0.05) is 63.2 Å². The SMILES string of the molecule is CCCCCCN(Cn1nnc2ccccc21)C[Si](C)(C)C. The summed E-state index contributed by atoms with van der Waals surface area (Å²) < 4.78 is 2.05. The van der Waals surface area contributed by atoms with Gasteiger partial charge in [-0.3, -0.25) is 4.90 Å². The average molecular weight is 319 g/mol. The van der Waals surface area contributed by atoms with Crippen molar-refractivity contribution in [2.75, 3.05) is 12.7 Å². The van der Waals surface area contributed by atoms with Crippen LogP contribution >= 0.6 is 0 Å². The molecular formula is C17H30N4Si. The lowest BCUT2D eigenvalue weighted by molar-refractivity contribution is 0.233. The summed E-state index contributed by atoms with van der Waals surface area (Å²) in [5.41, 5.74) is 2.12. The summed E-state index contributed by atoms with van der Waals surface area (Å²) in [5, 5.41) is 8.63. The van der Waals surface area contributed by atoms with Crippen LogP contribution in [0.4, 0.5) is 0 Å². The van der Waals surface area contributed by atoms with Crippen LogP contribution in [0.2, 0.25) is 19.6 Å². The van der Waals surface area contributed by atoms with Crippen LogP contribution in [0.1, 0.15) is 32.6 Å². The summed E-state index contributed by atoms with van der Waals surface area (Å²) in [5.74, 6) is 0. The van der Waals surface area contributed by atoms with E-state index in [4.69, 9.17) is 0 Å². The van der Waals surface area contributed by atoms with E-state index in [1.807, 2.05) is 12.1 Å². The standard InChI is InChI=1S/C17H30N4Si/c1-5-6-7-10-13-20(15-22(2,3)4)14-21-17-12-9-8-11-16(17)18-19-21/h8-9,11-12H,5-7,10,13-15H2,1-4H3. The maximum absolute atomic E-state index is 4.35. The zero-order valence-corrected chi connectivity index (χ0v) is 15.5. The minimum atomic E-state index is -1.13. The van der Waals surface area contributed by atoms with E-state index in [0.717, 1.165) is 17.7 Å². The molecule has 0 saturated carbocycles. The lowest BCUT2D eigenvalue weighted by Crippen LogP contribution is -2.41. The van der Waals surface area contributed by atoms with Crippen molar-refractivity contribution in [3.8, 4) is 0 Å². The number of unbranched alkanes of at least 4 members (excludes halogenated alkanes) is 3. The molecule has 22 heavy (non-hydrogen) atoms. The fourth-order valence-corrected chi connectivity index (χ4v) is 4.44. The number of hydrogen-bond acceptors (Lipinski definition) is 3. The fourth-order valence-electron chi connectivity index (χ4n) is 2.84. The predicted octanol–water partition coefficient (Wildman–Crippen LogP) is 4.15. The molecule has 0 N–H and O–H groups in total. The Labute approximate surface area is 135 Å². The molecule has 0 bridgehead atoms. The first-order valence-corrected chi connectivity index (χ1v) is 12.2. The predicted molar refractivity (Wildman–Crippen MR) is 96.6 cm³/mol. The van der Waals surface area contributed by atoms with Gasteiger partial charge in [0.15, 0.2) is 0 Å². The van der Waals surface area contributed by atoms with E-state index >= 15 is 0 Å². The van der Waals surface area contributed by atoms with Crippen LogP contribution < -0.4 is 0 Å². The minimum Gasteiger partial charge on any atom is -0.287 e. The van der Waals surface area contributed by atoms with Crippen molar-refractivity contribution in [1.82, 2.24) is 19.9 Å². The van der Waals surface area contributed by atoms with Crippen molar-refractivity contribution < 1.29 is 0 Å². The van der Waals surface area contributed by atoms with Gasteiger partial charge in [-0.25, -0.2) is 4.68 Å². The monoisotopic (exact) mass is 318 g/mol. The molecule has 122 valence electrons. The highest BCUT2D eigenvalue weighted by molar-refractivity contribution is 6.76. The van der Waals surface area contributed by atoms with Crippen molar-refractivity contribution >= 4 is 19.1 Å².